The number of hydrogen-bond donors (Lipinski definition) is 4. The Kier molecular flexibility index (Phi) is 10.6. The Morgan fingerprint density at radius 1 is 0.475 bits per heavy atom. The summed E-state index contributed by atoms with van der Waals surface area (Å²) in [5, 5.41) is 27.1. The van der Waals surface area contributed by atoms with Gasteiger partial charge in [-0.15, -0.1) is 0 Å². The van der Waals surface area contributed by atoms with Crippen LogP contribution < -0.4 is 5.73 Å². The minimum Gasteiger partial charge on any atom is -0.396 e. The number of halogens is 19. The molecule has 242 valence electrons. The second kappa shape index (κ2) is 11.0. The third-order valence-corrected chi connectivity index (χ3v) is 5.60. The number of hydrogen-bond acceptors (Lipinski definition) is 4. The Morgan fingerprint density at radius 3 is 1.07 bits per heavy atom. The summed E-state index contributed by atoms with van der Waals surface area (Å²) in [5.74, 6) is -50.8. The van der Waals surface area contributed by atoms with Gasteiger partial charge in [0.15, 0.2) is 0 Å². The average molecular weight is 645 g/mol. The molecule has 1 unspecified atom stereocenters. The van der Waals surface area contributed by atoms with Crippen LogP contribution in [0.25, 0.3) is 0 Å². The number of alkyl halides is 19. The van der Waals surface area contributed by atoms with Crippen molar-refractivity contribution in [3.63, 3.8) is 0 Å². The van der Waals surface area contributed by atoms with Gasteiger partial charge in [-0.25, -0.2) is 4.39 Å². The molecule has 0 aromatic rings. The molecule has 23 heteroatoms. The summed E-state index contributed by atoms with van der Waals surface area (Å²) in [6, 6.07) is 0. The predicted octanol–water partition coefficient (Wildman–Crippen LogP) is 5.23. The molecule has 0 aliphatic carbocycles. The van der Waals surface area contributed by atoms with E-state index in [4.69, 9.17) is 15.9 Å². The van der Waals surface area contributed by atoms with Gasteiger partial charge in [-0.05, 0) is 19.3 Å². The molecule has 0 bridgehead atoms. The molecule has 40 heavy (non-hydrogen) atoms. The summed E-state index contributed by atoms with van der Waals surface area (Å²) in [5.41, 5.74) is -5.53. The summed E-state index contributed by atoms with van der Waals surface area (Å²) < 4.78 is 254. The van der Waals surface area contributed by atoms with E-state index < -0.39 is 104 Å². The van der Waals surface area contributed by atoms with E-state index in [1.165, 1.54) is 0 Å². The Balaban J connectivity index is 6.77. The number of aliphatic hydroxyl groups excluding tert-OH is 3. The molecule has 5 N–H and O–H groups in total. The van der Waals surface area contributed by atoms with Crippen LogP contribution >= 0.6 is 0 Å². The standard InChI is InChI=1S/C17H18F19NO3/c18-9(19,6-7(40)5-8(37,1-3-38)2-4-39)11(21,22)13(25,26)15(29,30)14(27,28)12(23,24)10(20,16(31,32)33)17(34,35)36/h7,38-40H,1-6,37H2. The zero-order chi connectivity index (χ0) is 32.8. The Morgan fingerprint density at radius 2 is 0.775 bits per heavy atom. The van der Waals surface area contributed by atoms with E-state index in [0.29, 0.717) is 0 Å². The molecule has 0 heterocycles. The number of nitrogens with two attached hydrogens (primary N) is 1. The third kappa shape index (κ3) is 5.88. The molecule has 0 spiro atoms. The molecule has 0 saturated heterocycles. The van der Waals surface area contributed by atoms with Crippen LogP contribution in [0.1, 0.15) is 25.7 Å². The van der Waals surface area contributed by atoms with Crippen molar-refractivity contribution in [2.24, 2.45) is 5.73 Å². The van der Waals surface area contributed by atoms with Crippen LogP contribution in [0.2, 0.25) is 0 Å². The zero-order valence-electron chi connectivity index (χ0n) is 18.9. The monoisotopic (exact) mass is 645 g/mol. The molecule has 1 atom stereocenters. The van der Waals surface area contributed by atoms with Gasteiger partial charge < -0.3 is 21.1 Å². The maximum absolute atomic E-state index is 14.0. The van der Waals surface area contributed by atoms with Crippen LogP contribution in [0.5, 0.6) is 0 Å². The fraction of sp³-hybridized carbons (Fsp3) is 1.00. The van der Waals surface area contributed by atoms with E-state index in [0.717, 1.165) is 0 Å². The molecule has 4 nitrogen and oxygen atoms in total. The van der Waals surface area contributed by atoms with Gasteiger partial charge in [0.1, 0.15) is 0 Å². The van der Waals surface area contributed by atoms with Crippen LogP contribution in [-0.4, -0.2) is 93.7 Å². The fourth-order valence-corrected chi connectivity index (χ4v) is 3.29. The van der Waals surface area contributed by atoms with E-state index in [-0.39, 0.29) is 0 Å². The first-order chi connectivity index (χ1) is 17.2. The molecule has 0 amide bonds. The summed E-state index contributed by atoms with van der Waals surface area (Å²) in [7, 11) is 0. The van der Waals surface area contributed by atoms with Gasteiger partial charge in [0.05, 0.1) is 6.10 Å². The Labute approximate surface area is 209 Å². The van der Waals surface area contributed by atoms with Crippen molar-refractivity contribution in [1.82, 2.24) is 0 Å². The lowest BCUT2D eigenvalue weighted by atomic mass is 9.82. The van der Waals surface area contributed by atoms with Crippen molar-refractivity contribution in [2.45, 2.75) is 90.9 Å². The van der Waals surface area contributed by atoms with Crippen molar-refractivity contribution in [1.29, 1.82) is 0 Å². The summed E-state index contributed by atoms with van der Waals surface area (Å²) in [6.07, 6.45) is -25.9. The molecule has 0 fully saturated rings. The van der Waals surface area contributed by atoms with Gasteiger partial charge in [-0.1, -0.05) is 0 Å². The van der Waals surface area contributed by atoms with Crippen molar-refractivity contribution in [3.05, 3.63) is 0 Å². The fourth-order valence-electron chi connectivity index (χ4n) is 3.29. The van der Waals surface area contributed by atoms with Gasteiger partial charge in [0.2, 0.25) is 0 Å². The van der Waals surface area contributed by atoms with E-state index in [1.54, 1.807) is 0 Å². The van der Waals surface area contributed by atoms with Crippen LogP contribution in [-0.2, 0) is 0 Å². The second-order valence-electron chi connectivity index (χ2n) is 8.60. The van der Waals surface area contributed by atoms with E-state index in [2.05, 4.69) is 0 Å². The first-order valence-electron chi connectivity index (χ1n) is 10.0. The van der Waals surface area contributed by atoms with E-state index in [1.807, 2.05) is 0 Å². The first kappa shape index (κ1) is 38.5. The topological polar surface area (TPSA) is 86.7 Å². The van der Waals surface area contributed by atoms with Gasteiger partial charge in [0.25, 0.3) is 0 Å². The van der Waals surface area contributed by atoms with Crippen LogP contribution in [0.15, 0.2) is 0 Å². The lowest BCUT2D eigenvalue weighted by molar-refractivity contribution is -0.472. The third-order valence-electron chi connectivity index (χ3n) is 5.60. The summed E-state index contributed by atoms with van der Waals surface area (Å²) in [4.78, 5) is 0. The lowest BCUT2D eigenvalue weighted by Gasteiger charge is -2.45. The molecule has 0 aromatic heterocycles. The predicted molar refractivity (Wildman–Crippen MR) is 91.2 cm³/mol. The van der Waals surface area contributed by atoms with E-state index in [9.17, 15) is 88.5 Å². The molecule has 0 aliphatic rings. The number of rotatable bonds is 14. The van der Waals surface area contributed by atoms with Gasteiger partial charge >= 0.3 is 53.6 Å². The van der Waals surface area contributed by atoms with Gasteiger partial charge in [-0.3, -0.25) is 0 Å². The number of aliphatic hydroxyl groups is 3. The van der Waals surface area contributed by atoms with Crippen molar-refractivity contribution in [2.75, 3.05) is 13.2 Å². The van der Waals surface area contributed by atoms with Crippen molar-refractivity contribution in [3.8, 4) is 0 Å². The molecular weight excluding hydrogens is 627 g/mol. The largest absolute Gasteiger partial charge is 0.438 e. The Hall–Kier alpha value is -1.49. The van der Waals surface area contributed by atoms with Crippen LogP contribution in [0.3, 0.4) is 0 Å². The van der Waals surface area contributed by atoms with Crippen LogP contribution in [0.4, 0.5) is 83.4 Å². The van der Waals surface area contributed by atoms with E-state index >= 15 is 0 Å². The maximum Gasteiger partial charge on any atom is 0.438 e. The molecule has 0 aliphatic heterocycles. The average Bonchev–Trinajstić information content (AvgIpc) is 2.70. The van der Waals surface area contributed by atoms with Crippen molar-refractivity contribution >= 4 is 0 Å². The lowest BCUT2D eigenvalue weighted by Crippen LogP contribution is -2.77. The highest BCUT2D eigenvalue weighted by Gasteiger charge is 2.98. The minimum absolute atomic E-state index is 0.731. The van der Waals surface area contributed by atoms with Crippen molar-refractivity contribution < 1.29 is 98.7 Å². The maximum atomic E-state index is 14.0. The minimum atomic E-state index is -9.11. The second-order valence-corrected chi connectivity index (χ2v) is 8.60. The van der Waals surface area contributed by atoms with Gasteiger partial charge in [-0.2, -0.15) is 79.0 Å². The van der Waals surface area contributed by atoms with Gasteiger partial charge in [0, 0.05) is 25.2 Å². The molecule has 0 rings (SSSR count). The highest BCUT2D eigenvalue weighted by Crippen LogP contribution is 2.66. The quantitative estimate of drug-likeness (QED) is 0.195. The SMILES string of the molecule is NC(CCO)(CCO)CC(O)CC(F)(F)C(F)(F)C(F)(F)C(F)(F)C(F)(F)C(F)(F)C(F)(C(F)(F)F)C(F)(F)F. The highest BCUT2D eigenvalue weighted by molar-refractivity contribution is 5.19. The summed E-state index contributed by atoms with van der Waals surface area (Å²) >= 11 is 0. The molecule has 0 saturated carbocycles. The summed E-state index contributed by atoms with van der Waals surface area (Å²) in [6.45, 7) is -1.90. The molecule has 0 aromatic carbocycles. The smallest absolute Gasteiger partial charge is 0.396 e. The zero-order valence-corrected chi connectivity index (χ0v) is 18.9. The molecule has 0 radical (unpaired) electrons. The molecular formula is C17H18F19NO3. The van der Waals surface area contributed by atoms with Crippen LogP contribution in [0, 0.1) is 0 Å². The first-order valence-corrected chi connectivity index (χ1v) is 10.0. The normalized spacial score (nSPS) is 16.9. The Bertz CT molecular complexity index is 834. The highest BCUT2D eigenvalue weighted by atomic mass is 19.4.